The van der Waals surface area contributed by atoms with Crippen LogP contribution in [0.15, 0.2) is 24.4 Å². The molecule has 2 aromatic heterocycles. The van der Waals surface area contributed by atoms with Crippen LogP contribution in [-0.2, 0) is 15.9 Å². The summed E-state index contributed by atoms with van der Waals surface area (Å²) >= 11 is 0. The number of fused-ring (bicyclic) bond motifs is 3. The van der Waals surface area contributed by atoms with Crippen LogP contribution in [0.5, 0.6) is 0 Å². The predicted octanol–water partition coefficient (Wildman–Crippen LogP) is 4.22. The van der Waals surface area contributed by atoms with Crippen molar-refractivity contribution in [1.82, 2.24) is 19.4 Å². The van der Waals surface area contributed by atoms with E-state index in [1.165, 1.54) is 0 Å². The smallest absolute Gasteiger partial charge is 0.410 e. The lowest BCUT2D eigenvalue weighted by molar-refractivity contribution is -0.00142. The van der Waals surface area contributed by atoms with Gasteiger partial charge < -0.3 is 18.9 Å². The molecule has 0 unspecified atom stereocenters. The lowest BCUT2D eigenvalue weighted by atomic mass is 9.96. The van der Waals surface area contributed by atoms with Crippen molar-refractivity contribution < 1.29 is 14.3 Å². The van der Waals surface area contributed by atoms with Crippen molar-refractivity contribution in [3.05, 3.63) is 35.8 Å². The maximum Gasteiger partial charge on any atom is 0.410 e. The molecule has 0 spiro atoms. The van der Waals surface area contributed by atoms with Gasteiger partial charge >= 0.3 is 6.09 Å². The summed E-state index contributed by atoms with van der Waals surface area (Å²) in [4.78, 5) is 23.7. The summed E-state index contributed by atoms with van der Waals surface area (Å²) < 4.78 is 13.5. The number of pyridine rings is 1. The first-order valence-electron chi connectivity index (χ1n) is 11.6. The van der Waals surface area contributed by atoms with E-state index in [1.807, 2.05) is 39.1 Å². The molecule has 33 heavy (non-hydrogen) atoms. The molecule has 2 aliphatic rings. The van der Waals surface area contributed by atoms with E-state index in [1.54, 1.807) is 11.0 Å². The SMILES string of the molecule is CC(C)(C)OC(=O)N1CC(Cc2nc3cnc4ccc(C#N)cc4c3n2C2CCOCC2)C1. The van der Waals surface area contributed by atoms with E-state index in [9.17, 15) is 10.1 Å². The lowest BCUT2D eigenvalue weighted by Gasteiger charge is -2.40. The minimum atomic E-state index is -0.491. The predicted molar refractivity (Wildman–Crippen MR) is 124 cm³/mol. The van der Waals surface area contributed by atoms with Gasteiger partial charge in [-0.25, -0.2) is 9.78 Å². The molecule has 4 heterocycles. The van der Waals surface area contributed by atoms with E-state index in [2.05, 4.69) is 15.6 Å². The Morgan fingerprint density at radius 3 is 2.70 bits per heavy atom. The summed E-state index contributed by atoms with van der Waals surface area (Å²) in [6.07, 6.45) is 4.21. The highest BCUT2D eigenvalue weighted by Crippen LogP contribution is 2.34. The number of imidazole rings is 1. The van der Waals surface area contributed by atoms with Crippen LogP contribution in [0, 0.1) is 17.2 Å². The van der Waals surface area contributed by atoms with Gasteiger partial charge in [0, 0.05) is 50.1 Å². The Hall–Kier alpha value is -3.18. The molecule has 0 saturated carbocycles. The first-order valence-corrected chi connectivity index (χ1v) is 11.6. The van der Waals surface area contributed by atoms with Gasteiger partial charge in [0.15, 0.2) is 0 Å². The summed E-state index contributed by atoms with van der Waals surface area (Å²) in [6, 6.07) is 8.15. The number of nitriles is 1. The second-order valence-electron chi connectivity index (χ2n) is 10.0. The van der Waals surface area contributed by atoms with Crippen molar-refractivity contribution in [2.45, 2.75) is 51.7 Å². The fraction of sp³-hybridized carbons (Fsp3) is 0.520. The minimum absolute atomic E-state index is 0.254. The first-order chi connectivity index (χ1) is 15.8. The van der Waals surface area contributed by atoms with Crippen molar-refractivity contribution in [2.75, 3.05) is 26.3 Å². The third-order valence-corrected chi connectivity index (χ3v) is 6.35. The zero-order chi connectivity index (χ0) is 23.2. The van der Waals surface area contributed by atoms with Crippen molar-refractivity contribution >= 4 is 28.0 Å². The van der Waals surface area contributed by atoms with E-state index in [-0.39, 0.29) is 12.1 Å². The van der Waals surface area contributed by atoms with Crippen LogP contribution in [0.25, 0.3) is 21.9 Å². The van der Waals surface area contributed by atoms with E-state index < -0.39 is 5.60 Å². The number of rotatable bonds is 3. The van der Waals surface area contributed by atoms with E-state index in [0.29, 0.717) is 24.6 Å². The number of hydrogen-bond acceptors (Lipinski definition) is 6. The van der Waals surface area contributed by atoms with Crippen molar-refractivity contribution in [2.24, 2.45) is 5.92 Å². The number of nitrogens with zero attached hydrogens (tertiary/aromatic N) is 5. The van der Waals surface area contributed by atoms with Gasteiger partial charge in [-0.15, -0.1) is 0 Å². The molecular formula is C25H29N5O3. The topological polar surface area (TPSA) is 93.3 Å². The normalized spacial score (nSPS) is 17.8. The summed E-state index contributed by atoms with van der Waals surface area (Å²) in [7, 11) is 0. The summed E-state index contributed by atoms with van der Waals surface area (Å²) in [5, 5.41) is 10.4. The quantitative estimate of drug-likeness (QED) is 0.597. The van der Waals surface area contributed by atoms with Crippen LogP contribution in [0.4, 0.5) is 4.79 Å². The molecular weight excluding hydrogens is 418 g/mol. The van der Waals surface area contributed by atoms with Gasteiger partial charge in [-0.05, 0) is 51.8 Å². The molecule has 1 aromatic carbocycles. The highest BCUT2D eigenvalue weighted by molar-refractivity contribution is 6.02. The largest absolute Gasteiger partial charge is 0.444 e. The number of amides is 1. The monoisotopic (exact) mass is 447 g/mol. The zero-order valence-corrected chi connectivity index (χ0v) is 19.4. The van der Waals surface area contributed by atoms with Gasteiger partial charge in [0.2, 0.25) is 0 Å². The van der Waals surface area contributed by atoms with Crippen LogP contribution in [-0.4, -0.2) is 57.4 Å². The molecule has 2 fully saturated rings. The second kappa shape index (κ2) is 8.31. The lowest BCUT2D eigenvalue weighted by Crippen LogP contribution is -2.52. The Bertz CT molecular complexity index is 1240. The fourth-order valence-corrected chi connectivity index (χ4v) is 4.81. The Labute approximate surface area is 193 Å². The average Bonchev–Trinajstić information content (AvgIpc) is 3.13. The molecule has 3 aromatic rings. The van der Waals surface area contributed by atoms with Gasteiger partial charge in [0.25, 0.3) is 0 Å². The third-order valence-electron chi connectivity index (χ3n) is 6.35. The fourth-order valence-electron chi connectivity index (χ4n) is 4.81. The highest BCUT2D eigenvalue weighted by Gasteiger charge is 2.35. The summed E-state index contributed by atoms with van der Waals surface area (Å²) in [5.74, 6) is 1.35. The number of likely N-dealkylation sites (tertiary alicyclic amines) is 1. The van der Waals surface area contributed by atoms with Gasteiger partial charge in [-0.3, -0.25) is 4.98 Å². The molecule has 0 atom stereocenters. The minimum Gasteiger partial charge on any atom is -0.444 e. The molecule has 0 N–H and O–H groups in total. The standard InChI is InChI=1S/C25H29N5O3/c1-25(2,3)33-24(31)29-14-17(15-29)11-22-28-21-13-27-20-5-4-16(12-26)10-19(20)23(21)30(22)18-6-8-32-9-7-18/h4-5,10,13,17-18H,6-9,11,14-15H2,1-3H3. The number of carbonyl (C=O) groups is 1. The molecule has 8 nitrogen and oxygen atoms in total. The molecule has 0 aliphatic carbocycles. The van der Waals surface area contributed by atoms with Crippen molar-refractivity contribution in [3.63, 3.8) is 0 Å². The molecule has 172 valence electrons. The molecule has 0 bridgehead atoms. The van der Waals surface area contributed by atoms with Crippen LogP contribution < -0.4 is 0 Å². The van der Waals surface area contributed by atoms with Crippen LogP contribution in [0.1, 0.15) is 51.0 Å². The van der Waals surface area contributed by atoms with E-state index >= 15 is 0 Å². The van der Waals surface area contributed by atoms with Gasteiger partial charge in [0.05, 0.1) is 28.9 Å². The highest BCUT2D eigenvalue weighted by atomic mass is 16.6. The Morgan fingerprint density at radius 2 is 2.00 bits per heavy atom. The van der Waals surface area contributed by atoms with E-state index in [4.69, 9.17) is 14.5 Å². The summed E-state index contributed by atoms with van der Waals surface area (Å²) in [5.41, 5.74) is 2.88. The Kier molecular flexibility index (Phi) is 5.45. The first kappa shape index (κ1) is 21.7. The maximum absolute atomic E-state index is 12.3. The second-order valence-corrected chi connectivity index (χ2v) is 10.0. The summed E-state index contributed by atoms with van der Waals surface area (Å²) in [6.45, 7) is 8.45. The molecule has 8 heteroatoms. The van der Waals surface area contributed by atoms with Crippen LogP contribution in [0.3, 0.4) is 0 Å². The van der Waals surface area contributed by atoms with Crippen LogP contribution in [0.2, 0.25) is 0 Å². The van der Waals surface area contributed by atoms with Crippen molar-refractivity contribution in [3.8, 4) is 6.07 Å². The van der Waals surface area contributed by atoms with E-state index in [0.717, 1.165) is 60.2 Å². The van der Waals surface area contributed by atoms with Crippen LogP contribution >= 0.6 is 0 Å². The number of aromatic nitrogens is 3. The Morgan fingerprint density at radius 1 is 1.24 bits per heavy atom. The zero-order valence-electron chi connectivity index (χ0n) is 19.4. The molecule has 2 aliphatic heterocycles. The number of benzene rings is 1. The molecule has 5 rings (SSSR count). The molecule has 2 saturated heterocycles. The maximum atomic E-state index is 12.3. The Balaban J connectivity index is 1.48. The van der Waals surface area contributed by atoms with Gasteiger partial charge in [-0.2, -0.15) is 5.26 Å². The van der Waals surface area contributed by atoms with Gasteiger partial charge in [-0.1, -0.05) is 0 Å². The number of carbonyl (C=O) groups excluding carboxylic acids is 1. The average molecular weight is 448 g/mol. The van der Waals surface area contributed by atoms with Gasteiger partial charge in [0.1, 0.15) is 16.9 Å². The molecule has 1 amide bonds. The third kappa shape index (κ3) is 4.25. The number of hydrogen-bond donors (Lipinski definition) is 0. The van der Waals surface area contributed by atoms with Crippen molar-refractivity contribution in [1.29, 1.82) is 5.26 Å². The number of ether oxygens (including phenoxy) is 2. The molecule has 0 radical (unpaired) electrons.